The van der Waals surface area contributed by atoms with Crippen LogP contribution in [0.4, 0.5) is 0 Å². The molecule has 2 rings (SSSR count). The fourth-order valence-electron chi connectivity index (χ4n) is 2.58. The van der Waals surface area contributed by atoms with Crippen molar-refractivity contribution in [2.75, 3.05) is 7.05 Å². The Hall–Kier alpha value is -0.430. The molecule has 0 unspecified atom stereocenters. The average Bonchev–Trinajstić information content (AvgIpc) is 3.16. The van der Waals surface area contributed by atoms with Gasteiger partial charge in [-0.1, -0.05) is 15.9 Å². The van der Waals surface area contributed by atoms with Gasteiger partial charge in [-0.05, 0) is 69.8 Å². The van der Waals surface area contributed by atoms with Gasteiger partial charge in [0.25, 0.3) is 0 Å². The summed E-state index contributed by atoms with van der Waals surface area (Å²) in [6, 6.07) is 3.71. The SMILES string of the molecule is CNCc1cc(Br)c(C)c(S(=O)(=O)NC(C)(C)C2CC2)c1. The highest BCUT2D eigenvalue weighted by atomic mass is 79.9. The minimum absolute atomic E-state index is 0.357. The number of nitrogens with one attached hydrogen (secondary N) is 2. The summed E-state index contributed by atoms with van der Waals surface area (Å²) in [7, 11) is -1.68. The number of benzene rings is 1. The smallest absolute Gasteiger partial charge is 0.241 e. The van der Waals surface area contributed by atoms with Gasteiger partial charge in [-0.3, -0.25) is 0 Å². The van der Waals surface area contributed by atoms with Crippen LogP contribution in [-0.4, -0.2) is 21.0 Å². The molecule has 4 nitrogen and oxygen atoms in total. The van der Waals surface area contributed by atoms with E-state index in [1.165, 1.54) is 0 Å². The Morgan fingerprint density at radius 1 is 1.33 bits per heavy atom. The Kier molecular flexibility index (Phi) is 4.83. The zero-order chi connectivity index (χ0) is 15.8. The normalized spacial score (nSPS) is 16.2. The molecule has 0 bridgehead atoms. The summed E-state index contributed by atoms with van der Waals surface area (Å²) in [5, 5.41) is 3.05. The van der Waals surface area contributed by atoms with E-state index in [2.05, 4.69) is 26.0 Å². The van der Waals surface area contributed by atoms with Crippen molar-refractivity contribution >= 4 is 26.0 Å². The predicted molar refractivity (Wildman–Crippen MR) is 88.8 cm³/mol. The molecular weight excluding hydrogens is 352 g/mol. The van der Waals surface area contributed by atoms with Crippen molar-refractivity contribution in [3.8, 4) is 0 Å². The molecule has 21 heavy (non-hydrogen) atoms. The highest BCUT2D eigenvalue weighted by Gasteiger charge is 2.41. The fourth-order valence-corrected chi connectivity index (χ4v) is 5.01. The molecule has 2 N–H and O–H groups in total. The Bertz CT molecular complexity index is 637. The van der Waals surface area contributed by atoms with E-state index in [9.17, 15) is 8.42 Å². The summed E-state index contributed by atoms with van der Waals surface area (Å²) in [4.78, 5) is 0.357. The van der Waals surface area contributed by atoms with E-state index in [1.54, 1.807) is 6.07 Å². The first-order chi connectivity index (χ1) is 9.67. The van der Waals surface area contributed by atoms with Crippen LogP contribution >= 0.6 is 15.9 Å². The zero-order valence-electron chi connectivity index (χ0n) is 13.0. The van der Waals surface area contributed by atoms with Crippen LogP contribution in [0.1, 0.15) is 37.8 Å². The Morgan fingerprint density at radius 3 is 2.48 bits per heavy atom. The van der Waals surface area contributed by atoms with Gasteiger partial charge in [0.05, 0.1) is 4.90 Å². The van der Waals surface area contributed by atoms with Crippen LogP contribution in [0.15, 0.2) is 21.5 Å². The quantitative estimate of drug-likeness (QED) is 0.804. The van der Waals surface area contributed by atoms with Gasteiger partial charge in [0.15, 0.2) is 0 Å². The lowest BCUT2D eigenvalue weighted by Gasteiger charge is -2.26. The maximum Gasteiger partial charge on any atom is 0.241 e. The van der Waals surface area contributed by atoms with Crippen LogP contribution in [-0.2, 0) is 16.6 Å². The third kappa shape index (κ3) is 3.86. The van der Waals surface area contributed by atoms with E-state index in [0.29, 0.717) is 17.4 Å². The van der Waals surface area contributed by atoms with Crippen molar-refractivity contribution in [1.82, 2.24) is 10.0 Å². The molecule has 1 saturated carbocycles. The van der Waals surface area contributed by atoms with Crippen LogP contribution in [0.3, 0.4) is 0 Å². The highest BCUT2D eigenvalue weighted by molar-refractivity contribution is 9.10. The largest absolute Gasteiger partial charge is 0.316 e. The second kappa shape index (κ2) is 5.99. The van der Waals surface area contributed by atoms with Crippen LogP contribution in [0.2, 0.25) is 0 Å². The van der Waals surface area contributed by atoms with E-state index in [1.807, 2.05) is 33.9 Å². The Morgan fingerprint density at radius 2 is 1.95 bits per heavy atom. The van der Waals surface area contributed by atoms with Gasteiger partial charge in [0, 0.05) is 16.6 Å². The third-order valence-corrected chi connectivity index (χ3v) is 6.64. The van der Waals surface area contributed by atoms with Crippen LogP contribution in [0.5, 0.6) is 0 Å². The van der Waals surface area contributed by atoms with Crippen LogP contribution in [0.25, 0.3) is 0 Å². The van der Waals surface area contributed by atoms with Gasteiger partial charge in [0.2, 0.25) is 10.0 Å². The average molecular weight is 375 g/mol. The molecule has 1 fully saturated rings. The molecule has 0 amide bonds. The summed E-state index contributed by atoms with van der Waals surface area (Å²) in [6.07, 6.45) is 2.19. The number of halogens is 1. The van der Waals surface area contributed by atoms with Gasteiger partial charge in [-0.15, -0.1) is 0 Å². The lowest BCUT2D eigenvalue weighted by molar-refractivity contribution is 0.400. The lowest BCUT2D eigenvalue weighted by Crippen LogP contribution is -2.45. The summed E-state index contributed by atoms with van der Waals surface area (Å²) in [6.45, 7) is 6.38. The number of hydrogen-bond acceptors (Lipinski definition) is 3. The van der Waals surface area contributed by atoms with Crippen LogP contribution < -0.4 is 10.0 Å². The van der Waals surface area contributed by atoms with Crippen molar-refractivity contribution in [2.45, 2.75) is 50.6 Å². The minimum atomic E-state index is -3.52. The fraction of sp³-hybridized carbons (Fsp3) is 0.600. The van der Waals surface area contributed by atoms with E-state index in [0.717, 1.165) is 28.4 Å². The molecule has 0 atom stereocenters. The van der Waals surface area contributed by atoms with Crippen molar-refractivity contribution in [2.24, 2.45) is 5.92 Å². The molecule has 0 spiro atoms. The number of sulfonamides is 1. The maximum atomic E-state index is 12.8. The van der Waals surface area contributed by atoms with Gasteiger partial charge in [-0.2, -0.15) is 0 Å². The first-order valence-electron chi connectivity index (χ1n) is 7.15. The van der Waals surface area contributed by atoms with Gasteiger partial charge < -0.3 is 5.32 Å². The summed E-state index contributed by atoms with van der Waals surface area (Å²) in [5.41, 5.74) is 1.30. The van der Waals surface area contributed by atoms with Gasteiger partial charge in [-0.25, -0.2) is 13.1 Å². The topological polar surface area (TPSA) is 58.2 Å². The van der Waals surface area contributed by atoms with Crippen molar-refractivity contribution in [3.05, 3.63) is 27.7 Å². The summed E-state index contributed by atoms with van der Waals surface area (Å²) < 4.78 is 29.2. The number of hydrogen-bond donors (Lipinski definition) is 2. The van der Waals surface area contributed by atoms with E-state index in [4.69, 9.17) is 0 Å². The third-order valence-electron chi connectivity index (χ3n) is 4.02. The molecule has 1 aliphatic carbocycles. The molecule has 0 aromatic heterocycles. The molecule has 1 aromatic carbocycles. The molecule has 0 heterocycles. The molecule has 0 aliphatic heterocycles. The monoisotopic (exact) mass is 374 g/mol. The van der Waals surface area contributed by atoms with E-state index in [-0.39, 0.29) is 0 Å². The second-order valence-corrected chi connectivity index (χ2v) is 8.84. The second-order valence-electron chi connectivity index (χ2n) is 6.33. The van der Waals surface area contributed by atoms with Crippen LogP contribution in [0, 0.1) is 12.8 Å². The summed E-state index contributed by atoms with van der Waals surface area (Å²) >= 11 is 3.46. The Labute approximate surface area is 135 Å². The molecule has 1 aromatic rings. The van der Waals surface area contributed by atoms with Crippen molar-refractivity contribution in [1.29, 1.82) is 0 Å². The maximum absolute atomic E-state index is 12.8. The first kappa shape index (κ1) is 16.9. The Balaban J connectivity index is 2.39. The van der Waals surface area contributed by atoms with Gasteiger partial charge >= 0.3 is 0 Å². The molecule has 1 aliphatic rings. The first-order valence-corrected chi connectivity index (χ1v) is 9.42. The lowest BCUT2D eigenvalue weighted by atomic mass is 10.0. The number of rotatable bonds is 6. The van der Waals surface area contributed by atoms with Crippen molar-refractivity contribution in [3.63, 3.8) is 0 Å². The molecule has 0 radical (unpaired) electrons. The van der Waals surface area contributed by atoms with E-state index >= 15 is 0 Å². The minimum Gasteiger partial charge on any atom is -0.316 e. The molecule has 0 saturated heterocycles. The molecule has 6 heteroatoms. The molecule has 118 valence electrons. The predicted octanol–water partition coefficient (Wildman–Crippen LogP) is 2.94. The zero-order valence-corrected chi connectivity index (χ0v) is 15.4. The highest BCUT2D eigenvalue weighted by Crippen LogP contribution is 2.40. The molecular formula is C15H23BrN2O2S. The standard InChI is InChI=1S/C15H23BrN2O2S/c1-10-13(16)7-11(9-17-4)8-14(10)21(19,20)18-15(2,3)12-5-6-12/h7-8,12,17-18H,5-6,9H2,1-4H3. The van der Waals surface area contributed by atoms with Gasteiger partial charge in [0.1, 0.15) is 0 Å². The van der Waals surface area contributed by atoms with E-state index < -0.39 is 15.6 Å². The summed E-state index contributed by atoms with van der Waals surface area (Å²) in [5.74, 6) is 0.441. The van der Waals surface area contributed by atoms with Crippen molar-refractivity contribution < 1.29 is 8.42 Å².